The monoisotopic (exact) mass is 207 g/mol. The quantitative estimate of drug-likeness (QED) is 0.766. The number of hydrogen-bond donors (Lipinski definition) is 1. The molecule has 0 saturated heterocycles. The summed E-state index contributed by atoms with van der Waals surface area (Å²) in [5, 5.41) is 0. The molecule has 0 fully saturated rings. The molecule has 5 heteroatoms. The summed E-state index contributed by atoms with van der Waals surface area (Å²) in [5.74, 6) is 0.776. The van der Waals surface area contributed by atoms with E-state index in [4.69, 9.17) is 17.0 Å². The molecular formula is C10H10FN3O. The average Bonchev–Trinajstić information content (AvgIpc) is 2.31. The standard InChI is InChI=1S/C10H10FN3O/c1-13-10-3-2-9(6-14-10)15-7-8(4-11)5-12/h2-4,6H,5,7,12H2/b8-4+. The largest absolute Gasteiger partial charge is 0.485 e. The zero-order valence-corrected chi connectivity index (χ0v) is 7.98. The highest BCUT2D eigenvalue weighted by Gasteiger charge is 2.00. The van der Waals surface area contributed by atoms with Crippen LogP contribution in [-0.4, -0.2) is 18.1 Å². The van der Waals surface area contributed by atoms with Gasteiger partial charge in [0.2, 0.25) is 0 Å². The molecule has 0 bridgehead atoms. The summed E-state index contributed by atoms with van der Waals surface area (Å²) in [6.07, 6.45) is 1.85. The maximum absolute atomic E-state index is 12.1. The zero-order valence-electron chi connectivity index (χ0n) is 7.98. The number of pyridine rings is 1. The Morgan fingerprint density at radius 2 is 2.47 bits per heavy atom. The fourth-order valence-electron chi connectivity index (χ4n) is 0.835. The Kier molecular flexibility index (Phi) is 4.26. The minimum absolute atomic E-state index is 0.0893. The van der Waals surface area contributed by atoms with Gasteiger partial charge in [-0.05, 0) is 12.1 Å². The Morgan fingerprint density at radius 1 is 1.67 bits per heavy atom. The summed E-state index contributed by atoms with van der Waals surface area (Å²) >= 11 is 0. The van der Waals surface area contributed by atoms with Crippen LogP contribution in [0.25, 0.3) is 4.85 Å². The lowest BCUT2D eigenvalue weighted by Crippen LogP contribution is -2.10. The number of rotatable bonds is 4. The van der Waals surface area contributed by atoms with Gasteiger partial charge in [-0.1, -0.05) is 6.57 Å². The second-order valence-electron chi connectivity index (χ2n) is 2.72. The third-order valence-electron chi connectivity index (χ3n) is 1.68. The molecule has 15 heavy (non-hydrogen) atoms. The van der Waals surface area contributed by atoms with Gasteiger partial charge in [0.25, 0.3) is 5.82 Å². The Bertz CT molecular complexity index is 381. The molecule has 0 radical (unpaired) electrons. The van der Waals surface area contributed by atoms with Gasteiger partial charge in [0, 0.05) is 12.1 Å². The van der Waals surface area contributed by atoms with Gasteiger partial charge in [-0.2, -0.15) is 0 Å². The number of hydrogen-bond acceptors (Lipinski definition) is 3. The highest BCUT2D eigenvalue weighted by molar-refractivity contribution is 5.38. The lowest BCUT2D eigenvalue weighted by molar-refractivity contribution is 0.346. The molecule has 78 valence electrons. The van der Waals surface area contributed by atoms with Gasteiger partial charge in [-0.25, -0.2) is 4.39 Å². The van der Waals surface area contributed by atoms with Crippen LogP contribution in [0.15, 0.2) is 30.2 Å². The predicted molar refractivity (Wildman–Crippen MR) is 54.2 cm³/mol. The maximum atomic E-state index is 12.1. The van der Waals surface area contributed by atoms with Crippen LogP contribution >= 0.6 is 0 Å². The van der Waals surface area contributed by atoms with Crippen LogP contribution in [0, 0.1) is 6.57 Å². The van der Waals surface area contributed by atoms with Crippen molar-refractivity contribution >= 4 is 5.82 Å². The molecular weight excluding hydrogens is 197 g/mol. The van der Waals surface area contributed by atoms with Crippen molar-refractivity contribution in [3.05, 3.63) is 41.6 Å². The number of nitrogens with two attached hydrogens (primary N) is 1. The first-order valence-electron chi connectivity index (χ1n) is 4.24. The van der Waals surface area contributed by atoms with E-state index in [9.17, 15) is 4.39 Å². The summed E-state index contributed by atoms with van der Waals surface area (Å²) in [7, 11) is 0. The van der Waals surface area contributed by atoms with Gasteiger partial charge in [-0.15, -0.1) is 4.98 Å². The molecule has 1 aromatic heterocycles. The van der Waals surface area contributed by atoms with E-state index in [0.29, 0.717) is 23.5 Å². The van der Waals surface area contributed by atoms with Crippen LogP contribution < -0.4 is 10.5 Å². The highest BCUT2D eigenvalue weighted by Crippen LogP contribution is 2.14. The van der Waals surface area contributed by atoms with Gasteiger partial charge in [-0.3, -0.25) is 0 Å². The predicted octanol–water partition coefficient (Wildman–Crippen LogP) is 1.82. The Morgan fingerprint density at radius 3 is 2.93 bits per heavy atom. The van der Waals surface area contributed by atoms with E-state index in [1.165, 1.54) is 12.3 Å². The van der Waals surface area contributed by atoms with Crippen molar-refractivity contribution in [1.82, 2.24) is 4.98 Å². The fourth-order valence-corrected chi connectivity index (χ4v) is 0.835. The molecule has 0 aromatic carbocycles. The van der Waals surface area contributed by atoms with Crippen molar-refractivity contribution in [3.63, 3.8) is 0 Å². The summed E-state index contributed by atoms with van der Waals surface area (Å²) in [5.41, 5.74) is 5.61. The molecule has 0 aliphatic rings. The van der Waals surface area contributed by atoms with Crippen molar-refractivity contribution in [2.45, 2.75) is 0 Å². The van der Waals surface area contributed by atoms with E-state index >= 15 is 0 Å². The van der Waals surface area contributed by atoms with E-state index in [1.54, 1.807) is 6.07 Å². The zero-order chi connectivity index (χ0) is 11.1. The molecule has 0 aliphatic carbocycles. The Balaban J connectivity index is 2.55. The molecule has 0 aliphatic heterocycles. The van der Waals surface area contributed by atoms with E-state index in [0.717, 1.165) is 0 Å². The van der Waals surface area contributed by atoms with Crippen LogP contribution in [0.4, 0.5) is 10.2 Å². The van der Waals surface area contributed by atoms with Crippen molar-refractivity contribution in [2.24, 2.45) is 5.73 Å². The average molecular weight is 207 g/mol. The van der Waals surface area contributed by atoms with E-state index in [2.05, 4.69) is 9.83 Å². The van der Waals surface area contributed by atoms with Crippen LogP contribution in [0.3, 0.4) is 0 Å². The Hall–Kier alpha value is -1.93. The van der Waals surface area contributed by atoms with E-state index < -0.39 is 0 Å². The lowest BCUT2D eigenvalue weighted by atomic mass is 10.3. The summed E-state index contributed by atoms with van der Waals surface area (Å²) in [6, 6.07) is 3.14. The van der Waals surface area contributed by atoms with Crippen molar-refractivity contribution < 1.29 is 9.13 Å². The third kappa shape index (κ3) is 3.37. The summed E-state index contributed by atoms with van der Waals surface area (Å²) < 4.78 is 17.3. The molecule has 0 amide bonds. The minimum Gasteiger partial charge on any atom is -0.485 e. The number of ether oxygens (including phenoxy) is 1. The normalized spacial score (nSPS) is 10.9. The molecule has 0 atom stereocenters. The van der Waals surface area contributed by atoms with Crippen LogP contribution in [0.5, 0.6) is 5.75 Å². The van der Waals surface area contributed by atoms with E-state index in [1.807, 2.05) is 0 Å². The first-order chi connectivity index (χ1) is 7.30. The van der Waals surface area contributed by atoms with Crippen LogP contribution in [0.1, 0.15) is 0 Å². The van der Waals surface area contributed by atoms with Gasteiger partial charge in [0.15, 0.2) is 11.9 Å². The number of halogens is 1. The maximum Gasteiger partial charge on any atom is 0.269 e. The van der Waals surface area contributed by atoms with Crippen molar-refractivity contribution in [3.8, 4) is 5.75 Å². The Labute approximate surface area is 87.0 Å². The van der Waals surface area contributed by atoms with Crippen LogP contribution in [-0.2, 0) is 0 Å². The first kappa shape index (κ1) is 11.1. The minimum atomic E-state index is 0.0893. The smallest absolute Gasteiger partial charge is 0.269 e. The molecule has 1 heterocycles. The number of nitrogens with zero attached hydrogens (tertiary/aromatic N) is 2. The summed E-state index contributed by atoms with van der Waals surface area (Å²) in [4.78, 5) is 6.93. The summed E-state index contributed by atoms with van der Waals surface area (Å²) in [6.45, 7) is 6.89. The topological polar surface area (TPSA) is 52.5 Å². The van der Waals surface area contributed by atoms with E-state index in [-0.39, 0.29) is 13.2 Å². The molecule has 0 saturated carbocycles. The second-order valence-corrected chi connectivity index (χ2v) is 2.72. The van der Waals surface area contributed by atoms with Gasteiger partial charge in [0.1, 0.15) is 6.61 Å². The molecule has 1 rings (SSSR count). The first-order valence-corrected chi connectivity index (χ1v) is 4.24. The SMILES string of the molecule is [C-]#[N+]c1ccc(OC/C(=C/F)CN)cn1. The molecule has 4 nitrogen and oxygen atoms in total. The van der Waals surface area contributed by atoms with Crippen molar-refractivity contribution in [2.75, 3.05) is 13.2 Å². The van der Waals surface area contributed by atoms with Gasteiger partial charge >= 0.3 is 0 Å². The van der Waals surface area contributed by atoms with Gasteiger partial charge in [0.05, 0.1) is 6.33 Å². The second kappa shape index (κ2) is 5.73. The van der Waals surface area contributed by atoms with Crippen LogP contribution in [0.2, 0.25) is 0 Å². The molecule has 0 spiro atoms. The molecule has 0 unspecified atom stereocenters. The molecule has 1 aromatic rings. The third-order valence-corrected chi connectivity index (χ3v) is 1.68. The highest BCUT2D eigenvalue weighted by atomic mass is 19.1. The van der Waals surface area contributed by atoms with Gasteiger partial charge < -0.3 is 15.3 Å². The van der Waals surface area contributed by atoms with Crippen molar-refractivity contribution in [1.29, 1.82) is 0 Å². The fraction of sp³-hybridized carbons (Fsp3) is 0.200. The lowest BCUT2D eigenvalue weighted by Gasteiger charge is -2.05. The molecule has 2 N–H and O–H groups in total. The number of aromatic nitrogens is 1.